The second-order valence-corrected chi connectivity index (χ2v) is 8.82. The lowest BCUT2D eigenvalue weighted by atomic mass is 9.76. The van der Waals surface area contributed by atoms with Gasteiger partial charge < -0.3 is 0 Å². The fourth-order valence-corrected chi connectivity index (χ4v) is 4.70. The normalized spacial score (nSPS) is 13.6. The molecule has 0 bridgehead atoms. The van der Waals surface area contributed by atoms with Gasteiger partial charge in [-0.05, 0) is 102 Å². The van der Waals surface area contributed by atoms with Crippen LogP contribution in [0.5, 0.6) is 0 Å². The van der Waals surface area contributed by atoms with E-state index in [4.69, 9.17) is 23.2 Å². The van der Waals surface area contributed by atoms with Crippen molar-refractivity contribution in [3.8, 4) is 0 Å². The quantitative estimate of drug-likeness (QED) is 0.306. The first kappa shape index (κ1) is 19.8. The van der Waals surface area contributed by atoms with Crippen molar-refractivity contribution in [2.24, 2.45) is 5.92 Å². The summed E-state index contributed by atoms with van der Waals surface area (Å²) >= 11 is 15.2. The van der Waals surface area contributed by atoms with Gasteiger partial charge in [-0.25, -0.2) is 0 Å². The number of hydrogen-bond acceptors (Lipinski definition) is 0. The third kappa shape index (κ3) is 4.56. The van der Waals surface area contributed by atoms with E-state index in [2.05, 4.69) is 75.1 Å². The standard InChI is InChI=1S/C21H23Cl2I/c1-12(2)8-14(4)20(18-11-17(24)7-6-13(18)3)21-15(5)9-16(22)10-19(21)23/h6-7,9-11,14,20H,1,8H2,2-5H3. The van der Waals surface area contributed by atoms with Crippen LogP contribution in [0.1, 0.15) is 48.4 Å². The molecule has 2 atom stereocenters. The minimum Gasteiger partial charge on any atom is -0.100 e. The average Bonchev–Trinajstić information content (AvgIpc) is 2.44. The molecule has 2 aromatic rings. The lowest BCUT2D eigenvalue weighted by Crippen LogP contribution is -2.15. The summed E-state index contributed by atoms with van der Waals surface area (Å²) in [6.07, 6.45) is 0.966. The van der Waals surface area contributed by atoms with Crippen molar-refractivity contribution in [2.45, 2.75) is 40.0 Å². The van der Waals surface area contributed by atoms with E-state index in [1.54, 1.807) is 0 Å². The zero-order chi connectivity index (χ0) is 18.0. The summed E-state index contributed by atoms with van der Waals surface area (Å²) in [4.78, 5) is 0. The molecule has 0 fully saturated rings. The van der Waals surface area contributed by atoms with Crippen LogP contribution < -0.4 is 0 Å². The molecular formula is C21H23Cl2I. The molecule has 0 radical (unpaired) electrons. The lowest BCUT2D eigenvalue weighted by molar-refractivity contribution is 0.505. The Morgan fingerprint density at radius 3 is 2.38 bits per heavy atom. The largest absolute Gasteiger partial charge is 0.100 e. The maximum Gasteiger partial charge on any atom is 0.0461 e. The van der Waals surface area contributed by atoms with Gasteiger partial charge in [-0.3, -0.25) is 0 Å². The van der Waals surface area contributed by atoms with Crippen LogP contribution in [0.3, 0.4) is 0 Å². The highest BCUT2D eigenvalue weighted by molar-refractivity contribution is 14.1. The number of halogens is 3. The van der Waals surface area contributed by atoms with Crippen molar-refractivity contribution in [1.82, 2.24) is 0 Å². The Bertz CT molecular complexity index is 741. The number of aryl methyl sites for hydroxylation is 2. The van der Waals surface area contributed by atoms with Gasteiger partial charge in [-0.2, -0.15) is 0 Å². The van der Waals surface area contributed by atoms with Crippen molar-refractivity contribution in [3.05, 3.63) is 78.4 Å². The number of hydrogen-bond donors (Lipinski definition) is 0. The molecular weight excluding hydrogens is 450 g/mol. The van der Waals surface area contributed by atoms with Crippen LogP contribution in [0.2, 0.25) is 10.0 Å². The van der Waals surface area contributed by atoms with E-state index < -0.39 is 0 Å². The Morgan fingerprint density at radius 1 is 1.12 bits per heavy atom. The molecule has 0 N–H and O–H groups in total. The molecule has 0 aromatic heterocycles. The average molecular weight is 473 g/mol. The Kier molecular flexibility index (Phi) is 6.81. The summed E-state index contributed by atoms with van der Waals surface area (Å²) in [5, 5.41) is 1.43. The molecule has 0 aliphatic rings. The molecule has 0 aliphatic carbocycles. The summed E-state index contributed by atoms with van der Waals surface area (Å²) in [5.41, 5.74) is 6.14. The first-order valence-corrected chi connectivity index (χ1v) is 9.90. The molecule has 2 aromatic carbocycles. The highest BCUT2D eigenvalue weighted by atomic mass is 127. The van der Waals surface area contributed by atoms with Gasteiger partial charge in [-0.15, -0.1) is 6.58 Å². The van der Waals surface area contributed by atoms with E-state index in [0.717, 1.165) is 17.0 Å². The van der Waals surface area contributed by atoms with E-state index in [1.807, 2.05) is 12.1 Å². The van der Waals surface area contributed by atoms with Gasteiger partial charge >= 0.3 is 0 Å². The Hall–Kier alpha value is -0.510. The molecule has 128 valence electrons. The van der Waals surface area contributed by atoms with Crippen LogP contribution in [0.4, 0.5) is 0 Å². The van der Waals surface area contributed by atoms with E-state index in [1.165, 1.54) is 25.8 Å². The summed E-state index contributed by atoms with van der Waals surface area (Å²) in [6, 6.07) is 10.5. The van der Waals surface area contributed by atoms with E-state index in [0.29, 0.717) is 10.9 Å². The Labute approximate surface area is 169 Å². The fourth-order valence-electron chi connectivity index (χ4n) is 3.47. The SMILES string of the molecule is C=C(C)CC(C)C(c1cc(I)ccc1C)c1c(C)cc(Cl)cc1Cl. The molecule has 0 saturated heterocycles. The molecule has 0 heterocycles. The summed E-state index contributed by atoms with van der Waals surface area (Å²) in [5.74, 6) is 0.623. The number of allylic oxidation sites excluding steroid dienone is 1. The number of benzene rings is 2. The minimum atomic E-state index is 0.223. The topological polar surface area (TPSA) is 0 Å². The van der Waals surface area contributed by atoms with Gasteiger partial charge in [0.2, 0.25) is 0 Å². The van der Waals surface area contributed by atoms with Crippen molar-refractivity contribution < 1.29 is 0 Å². The van der Waals surface area contributed by atoms with Gasteiger partial charge in [0.05, 0.1) is 0 Å². The minimum absolute atomic E-state index is 0.223. The second kappa shape index (κ2) is 8.25. The first-order valence-electron chi connectivity index (χ1n) is 8.06. The van der Waals surface area contributed by atoms with Crippen LogP contribution >= 0.6 is 45.8 Å². The van der Waals surface area contributed by atoms with Crippen LogP contribution in [-0.4, -0.2) is 0 Å². The summed E-state index contributed by atoms with van der Waals surface area (Å²) in [6.45, 7) is 12.7. The second-order valence-electron chi connectivity index (χ2n) is 6.74. The predicted octanol–water partition coefficient (Wildman–Crippen LogP) is 7.95. The van der Waals surface area contributed by atoms with Gasteiger partial charge in [0.15, 0.2) is 0 Å². The smallest absolute Gasteiger partial charge is 0.0461 e. The molecule has 0 aliphatic heterocycles. The maximum atomic E-state index is 6.64. The van der Waals surface area contributed by atoms with Crippen LogP contribution in [-0.2, 0) is 0 Å². The van der Waals surface area contributed by atoms with E-state index in [-0.39, 0.29) is 5.92 Å². The van der Waals surface area contributed by atoms with Gasteiger partial charge in [0.1, 0.15) is 0 Å². The third-order valence-electron chi connectivity index (χ3n) is 4.43. The van der Waals surface area contributed by atoms with E-state index in [9.17, 15) is 0 Å². The molecule has 0 saturated carbocycles. The van der Waals surface area contributed by atoms with Crippen molar-refractivity contribution in [3.63, 3.8) is 0 Å². The Morgan fingerprint density at radius 2 is 1.79 bits per heavy atom. The number of rotatable bonds is 5. The molecule has 3 heteroatoms. The molecule has 2 rings (SSSR count). The highest BCUT2D eigenvalue weighted by Gasteiger charge is 2.27. The molecule has 0 amide bonds. The van der Waals surface area contributed by atoms with Crippen LogP contribution in [0, 0.1) is 23.3 Å². The first-order chi connectivity index (χ1) is 11.2. The van der Waals surface area contributed by atoms with Gasteiger partial charge in [0.25, 0.3) is 0 Å². The summed E-state index contributed by atoms with van der Waals surface area (Å²) < 4.78 is 1.24. The van der Waals surface area contributed by atoms with Crippen molar-refractivity contribution >= 4 is 45.8 Å². The maximum absolute atomic E-state index is 6.64. The van der Waals surface area contributed by atoms with Gasteiger partial charge in [-0.1, -0.05) is 41.8 Å². The zero-order valence-corrected chi connectivity index (χ0v) is 18.3. The van der Waals surface area contributed by atoms with Crippen LogP contribution in [0.15, 0.2) is 42.5 Å². The predicted molar refractivity (Wildman–Crippen MR) is 116 cm³/mol. The zero-order valence-electron chi connectivity index (χ0n) is 14.6. The summed E-state index contributed by atoms with van der Waals surface area (Å²) in [7, 11) is 0. The molecule has 24 heavy (non-hydrogen) atoms. The molecule has 0 spiro atoms. The third-order valence-corrected chi connectivity index (χ3v) is 5.63. The lowest BCUT2D eigenvalue weighted by Gasteiger charge is -2.29. The van der Waals surface area contributed by atoms with Crippen LogP contribution in [0.25, 0.3) is 0 Å². The van der Waals surface area contributed by atoms with Crippen molar-refractivity contribution in [1.29, 1.82) is 0 Å². The fraction of sp³-hybridized carbons (Fsp3) is 0.333. The van der Waals surface area contributed by atoms with Crippen molar-refractivity contribution in [2.75, 3.05) is 0 Å². The highest BCUT2D eigenvalue weighted by Crippen LogP contribution is 2.42. The van der Waals surface area contributed by atoms with E-state index >= 15 is 0 Å². The molecule has 0 nitrogen and oxygen atoms in total. The Balaban J connectivity index is 2.68. The molecule has 2 unspecified atom stereocenters. The monoisotopic (exact) mass is 472 g/mol. The van der Waals surface area contributed by atoms with Gasteiger partial charge in [0, 0.05) is 19.5 Å².